The molecular formula is C14H18FNO. The fourth-order valence-electron chi connectivity index (χ4n) is 2.65. The standard InChI is InChI=1S/C14H18FNO/c1-3-11-6-5-9-16(11)14-12(10(2)17)7-4-8-13(14)15/h4,7-8,11H,3,5-6,9H2,1-2H3. The summed E-state index contributed by atoms with van der Waals surface area (Å²) in [6, 6.07) is 5.12. The second kappa shape index (κ2) is 4.86. The zero-order chi connectivity index (χ0) is 12.4. The highest BCUT2D eigenvalue weighted by molar-refractivity contribution is 6.00. The third-order valence-electron chi connectivity index (χ3n) is 3.50. The lowest BCUT2D eigenvalue weighted by Gasteiger charge is -2.28. The van der Waals surface area contributed by atoms with Crippen molar-refractivity contribution in [3.63, 3.8) is 0 Å². The fourth-order valence-corrected chi connectivity index (χ4v) is 2.65. The molecule has 1 aromatic carbocycles. The van der Waals surface area contributed by atoms with Gasteiger partial charge in [-0.2, -0.15) is 0 Å². The van der Waals surface area contributed by atoms with Crippen molar-refractivity contribution in [3.05, 3.63) is 29.6 Å². The normalized spacial score (nSPS) is 19.7. The second-order valence-corrected chi connectivity index (χ2v) is 4.59. The number of halogens is 1. The first-order valence-corrected chi connectivity index (χ1v) is 6.21. The highest BCUT2D eigenvalue weighted by Gasteiger charge is 2.28. The van der Waals surface area contributed by atoms with E-state index in [0.29, 0.717) is 17.3 Å². The summed E-state index contributed by atoms with van der Waals surface area (Å²) in [4.78, 5) is 13.6. The first kappa shape index (κ1) is 12.1. The summed E-state index contributed by atoms with van der Waals surface area (Å²) in [6.07, 6.45) is 3.15. The molecule has 0 spiro atoms. The predicted octanol–water partition coefficient (Wildman–Crippen LogP) is 3.41. The minimum Gasteiger partial charge on any atom is -0.366 e. The molecule has 1 unspecified atom stereocenters. The molecule has 1 aliphatic rings. The molecule has 1 heterocycles. The van der Waals surface area contributed by atoms with Gasteiger partial charge in [-0.1, -0.05) is 13.0 Å². The Kier molecular flexibility index (Phi) is 3.46. The highest BCUT2D eigenvalue weighted by Crippen LogP contribution is 2.32. The number of anilines is 1. The quantitative estimate of drug-likeness (QED) is 0.748. The summed E-state index contributed by atoms with van der Waals surface area (Å²) in [5, 5.41) is 0. The summed E-state index contributed by atoms with van der Waals surface area (Å²) in [7, 11) is 0. The lowest BCUT2D eigenvalue weighted by Crippen LogP contribution is -2.30. The largest absolute Gasteiger partial charge is 0.366 e. The van der Waals surface area contributed by atoms with Crippen LogP contribution in [0.25, 0.3) is 0 Å². The maximum absolute atomic E-state index is 14.0. The Morgan fingerprint density at radius 3 is 2.94 bits per heavy atom. The number of hydrogen-bond donors (Lipinski definition) is 0. The van der Waals surface area contributed by atoms with Crippen molar-refractivity contribution in [2.24, 2.45) is 0 Å². The van der Waals surface area contributed by atoms with Gasteiger partial charge in [0.25, 0.3) is 0 Å². The molecule has 1 atom stereocenters. The van der Waals surface area contributed by atoms with Crippen LogP contribution in [0, 0.1) is 5.82 Å². The number of carbonyl (C=O) groups is 1. The Bertz CT molecular complexity index is 430. The van der Waals surface area contributed by atoms with E-state index in [1.54, 1.807) is 12.1 Å². The van der Waals surface area contributed by atoms with Crippen molar-refractivity contribution in [3.8, 4) is 0 Å². The second-order valence-electron chi connectivity index (χ2n) is 4.59. The number of nitrogens with zero attached hydrogens (tertiary/aromatic N) is 1. The van der Waals surface area contributed by atoms with E-state index >= 15 is 0 Å². The summed E-state index contributed by atoms with van der Waals surface area (Å²) in [6.45, 7) is 4.45. The van der Waals surface area contributed by atoms with E-state index in [0.717, 1.165) is 25.8 Å². The number of rotatable bonds is 3. The Hall–Kier alpha value is -1.38. The first-order chi connectivity index (χ1) is 8.15. The van der Waals surface area contributed by atoms with Crippen molar-refractivity contribution >= 4 is 11.5 Å². The Morgan fingerprint density at radius 2 is 2.29 bits per heavy atom. The van der Waals surface area contributed by atoms with E-state index in [2.05, 4.69) is 11.8 Å². The number of carbonyl (C=O) groups excluding carboxylic acids is 1. The van der Waals surface area contributed by atoms with Crippen LogP contribution in [0.3, 0.4) is 0 Å². The molecule has 1 fully saturated rings. The van der Waals surface area contributed by atoms with Crippen molar-refractivity contribution in [2.75, 3.05) is 11.4 Å². The average Bonchev–Trinajstić information content (AvgIpc) is 2.76. The van der Waals surface area contributed by atoms with Crippen LogP contribution in [0.2, 0.25) is 0 Å². The van der Waals surface area contributed by atoms with Crippen LogP contribution in [0.15, 0.2) is 18.2 Å². The number of benzene rings is 1. The molecule has 0 N–H and O–H groups in total. The summed E-state index contributed by atoms with van der Waals surface area (Å²) in [5.41, 5.74) is 1.01. The summed E-state index contributed by atoms with van der Waals surface area (Å²) in [5.74, 6) is -0.348. The van der Waals surface area contributed by atoms with Gasteiger partial charge in [-0.3, -0.25) is 4.79 Å². The van der Waals surface area contributed by atoms with Crippen LogP contribution in [0.1, 0.15) is 43.5 Å². The van der Waals surface area contributed by atoms with Gasteiger partial charge in [0.1, 0.15) is 5.82 Å². The molecule has 0 amide bonds. The van der Waals surface area contributed by atoms with Crippen LogP contribution in [-0.4, -0.2) is 18.4 Å². The monoisotopic (exact) mass is 235 g/mol. The maximum atomic E-state index is 14.0. The molecule has 3 heteroatoms. The molecule has 1 saturated heterocycles. The average molecular weight is 235 g/mol. The van der Waals surface area contributed by atoms with Crippen LogP contribution >= 0.6 is 0 Å². The zero-order valence-corrected chi connectivity index (χ0v) is 10.4. The van der Waals surface area contributed by atoms with Crippen molar-refractivity contribution < 1.29 is 9.18 Å². The Balaban J connectivity index is 2.46. The van der Waals surface area contributed by atoms with Gasteiger partial charge < -0.3 is 4.90 Å². The van der Waals surface area contributed by atoms with Gasteiger partial charge >= 0.3 is 0 Å². The van der Waals surface area contributed by atoms with Crippen molar-refractivity contribution in [1.82, 2.24) is 0 Å². The number of ketones is 1. The van der Waals surface area contributed by atoms with Crippen LogP contribution in [0.4, 0.5) is 10.1 Å². The van der Waals surface area contributed by atoms with Crippen LogP contribution in [-0.2, 0) is 0 Å². The van der Waals surface area contributed by atoms with Gasteiger partial charge in [-0.15, -0.1) is 0 Å². The molecule has 0 aromatic heterocycles. The van der Waals surface area contributed by atoms with Gasteiger partial charge in [0.2, 0.25) is 0 Å². The molecule has 0 bridgehead atoms. The predicted molar refractivity (Wildman–Crippen MR) is 67.1 cm³/mol. The SMILES string of the molecule is CCC1CCCN1c1c(F)cccc1C(C)=O. The van der Waals surface area contributed by atoms with E-state index in [4.69, 9.17) is 0 Å². The van der Waals surface area contributed by atoms with Crippen LogP contribution in [0.5, 0.6) is 0 Å². The number of hydrogen-bond acceptors (Lipinski definition) is 2. The minimum absolute atomic E-state index is 0.0683. The van der Waals surface area contributed by atoms with Gasteiger partial charge in [-0.25, -0.2) is 4.39 Å². The minimum atomic E-state index is -0.280. The number of Topliss-reactive ketones (excluding diaryl/α,β-unsaturated/α-hetero) is 1. The van der Waals surface area contributed by atoms with Gasteiger partial charge in [0.05, 0.1) is 5.69 Å². The smallest absolute Gasteiger partial charge is 0.161 e. The fraction of sp³-hybridized carbons (Fsp3) is 0.500. The molecule has 0 aliphatic carbocycles. The van der Waals surface area contributed by atoms with E-state index in [1.807, 2.05) is 0 Å². The van der Waals surface area contributed by atoms with Crippen molar-refractivity contribution in [2.45, 2.75) is 39.2 Å². The molecule has 2 rings (SSSR count). The molecule has 17 heavy (non-hydrogen) atoms. The Morgan fingerprint density at radius 1 is 1.53 bits per heavy atom. The summed E-state index contributed by atoms with van der Waals surface area (Å²) >= 11 is 0. The molecule has 1 aromatic rings. The maximum Gasteiger partial charge on any atom is 0.161 e. The van der Waals surface area contributed by atoms with E-state index in [1.165, 1.54) is 13.0 Å². The Labute approximate surface area is 101 Å². The molecular weight excluding hydrogens is 217 g/mol. The van der Waals surface area contributed by atoms with E-state index < -0.39 is 0 Å². The molecule has 92 valence electrons. The van der Waals surface area contributed by atoms with E-state index in [9.17, 15) is 9.18 Å². The third kappa shape index (κ3) is 2.19. The molecule has 1 aliphatic heterocycles. The molecule has 0 radical (unpaired) electrons. The topological polar surface area (TPSA) is 20.3 Å². The number of para-hydroxylation sites is 1. The highest BCUT2D eigenvalue weighted by atomic mass is 19.1. The van der Waals surface area contributed by atoms with Gasteiger partial charge in [-0.05, 0) is 38.3 Å². The van der Waals surface area contributed by atoms with Gasteiger partial charge in [0.15, 0.2) is 5.78 Å². The summed E-state index contributed by atoms with van der Waals surface area (Å²) < 4.78 is 14.0. The molecule has 2 nitrogen and oxygen atoms in total. The molecule has 0 saturated carbocycles. The van der Waals surface area contributed by atoms with Crippen LogP contribution < -0.4 is 4.90 Å². The lowest BCUT2D eigenvalue weighted by atomic mass is 10.1. The third-order valence-corrected chi connectivity index (χ3v) is 3.50. The van der Waals surface area contributed by atoms with Gasteiger partial charge in [0, 0.05) is 18.2 Å². The van der Waals surface area contributed by atoms with E-state index in [-0.39, 0.29) is 11.6 Å². The lowest BCUT2D eigenvalue weighted by molar-refractivity contribution is 0.101. The first-order valence-electron chi connectivity index (χ1n) is 6.21. The zero-order valence-electron chi connectivity index (χ0n) is 10.4. The van der Waals surface area contributed by atoms with Crippen molar-refractivity contribution in [1.29, 1.82) is 0 Å².